The fourth-order valence-electron chi connectivity index (χ4n) is 1.77. The van der Waals surface area contributed by atoms with Crippen LogP contribution >= 0.6 is 11.6 Å². The predicted molar refractivity (Wildman–Crippen MR) is 84.9 cm³/mol. The van der Waals surface area contributed by atoms with Crippen LogP contribution in [-0.4, -0.2) is 18.9 Å². The number of ether oxygens (including phenoxy) is 1. The molecule has 0 aromatic heterocycles. The van der Waals surface area contributed by atoms with Crippen molar-refractivity contribution in [3.8, 4) is 5.75 Å². The van der Waals surface area contributed by atoms with E-state index in [1.807, 2.05) is 6.07 Å². The Morgan fingerprint density at radius 2 is 1.82 bits per heavy atom. The number of hydrogen-bond acceptors (Lipinski definition) is 3. The van der Waals surface area contributed by atoms with E-state index in [1.165, 1.54) is 0 Å². The van der Waals surface area contributed by atoms with Crippen molar-refractivity contribution in [2.45, 2.75) is 6.54 Å². The lowest BCUT2D eigenvalue weighted by atomic mass is 10.2. The van der Waals surface area contributed by atoms with E-state index in [-0.39, 0.29) is 6.54 Å². The number of amides is 2. The molecule has 114 valence electrons. The first-order chi connectivity index (χ1) is 10.6. The van der Waals surface area contributed by atoms with E-state index in [4.69, 9.17) is 16.3 Å². The molecule has 2 aromatic rings. The van der Waals surface area contributed by atoms with Crippen molar-refractivity contribution in [2.24, 2.45) is 0 Å². The number of carbonyl (C=O) groups excluding carboxylic acids is 2. The van der Waals surface area contributed by atoms with Gasteiger partial charge in [-0.25, -0.2) is 0 Å². The summed E-state index contributed by atoms with van der Waals surface area (Å²) in [5.74, 6) is -0.772. The standard InChI is InChI=1S/C16H15ClN2O3/c1-22-14-7-5-13(6-8-14)19-16(21)15(20)18-10-11-3-2-4-12(17)9-11/h2-9H,10H2,1H3,(H,18,20)(H,19,21). The Labute approximate surface area is 133 Å². The van der Waals surface area contributed by atoms with Gasteiger partial charge in [-0.15, -0.1) is 0 Å². The molecule has 2 amide bonds. The number of halogens is 1. The van der Waals surface area contributed by atoms with Gasteiger partial charge in [-0.1, -0.05) is 23.7 Å². The van der Waals surface area contributed by atoms with Gasteiger partial charge in [0.15, 0.2) is 0 Å². The van der Waals surface area contributed by atoms with Gasteiger partial charge in [-0.05, 0) is 42.0 Å². The molecule has 6 heteroatoms. The number of benzene rings is 2. The van der Waals surface area contributed by atoms with Crippen LogP contribution in [-0.2, 0) is 16.1 Å². The number of nitrogens with one attached hydrogen (secondary N) is 2. The summed E-state index contributed by atoms with van der Waals surface area (Å²) in [5.41, 5.74) is 1.34. The zero-order valence-electron chi connectivity index (χ0n) is 11.9. The average molecular weight is 319 g/mol. The van der Waals surface area contributed by atoms with Gasteiger partial charge in [0, 0.05) is 17.3 Å². The molecule has 2 N–H and O–H groups in total. The first-order valence-corrected chi connectivity index (χ1v) is 6.94. The minimum atomic E-state index is -0.729. The summed E-state index contributed by atoms with van der Waals surface area (Å²) in [4.78, 5) is 23.5. The van der Waals surface area contributed by atoms with Crippen molar-refractivity contribution < 1.29 is 14.3 Å². The van der Waals surface area contributed by atoms with Crippen LogP contribution in [0.4, 0.5) is 5.69 Å². The zero-order valence-corrected chi connectivity index (χ0v) is 12.7. The Morgan fingerprint density at radius 3 is 2.45 bits per heavy atom. The predicted octanol–water partition coefficient (Wildman–Crippen LogP) is 2.60. The van der Waals surface area contributed by atoms with Gasteiger partial charge in [0.2, 0.25) is 0 Å². The fraction of sp³-hybridized carbons (Fsp3) is 0.125. The highest BCUT2D eigenvalue weighted by Gasteiger charge is 2.13. The third-order valence-corrected chi connectivity index (χ3v) is 3.13. The summed E-state index contributed by atoms with van der Waals surface area (Å²) < 4.78 is 5.02. The van der Waals surface area contributed by atoms with Crippen LogP contribution in [0.5, 0.6) is 5.75 Å². The quantitative estimate of drug-likeness (QED) is 0.852. The van der Waals surface area contributed by atoms with E-state index in [2.05, 4.69) is 10.6 Å². The summed E-state index contributed by atoms with van der Waals surface area (Å²) in [5, 5.41) is 5.62. The molecule has 5 nitrogen and oxygen atoms in total. The molecule has 0 unspecified atom stereocenters. The highest BCUT2D eigenvalue weighted by molar-refractivity contribution is 6.39. The fourth-order valence-corrected chi connectivity index (χ4v) is 1.98. The first-order valence-electron chi connectivity index (χ1n) is 6.56. The van der Waals surface area contributed by atoms with Gasteiger partial charge in [-0.3, -0.25) is 9.59 Å². The monoisotopic (exact) mass is 318 g/mol. The molecule has 0 spiro atoms. The molecule has 0 bridgehead atoms. The smallest absolute Gasteiger partial charge is 0.313 e. The Morgan fingerprint density at radius 1 is 1.09 bits per heavy atom. The molecule has 22 heavy (non-hydrogen) atoms. The molecule has 0 aliphatic heterocycles. The van der Waals surface area contributed by atoms with E-state index < -0.39 is 11.8 Å². The number of methoxy groups -OCH3 is 1. The van der Waals surface area contributed by atoms with Crippen molar-refractivity contribution in [3.63, 3.8) is 0 Å². The van der Waals surface area contributed by atoms with Gasteiger partial charge in [-0.2, -0.15) is 0 Å². The molecule has 0 saturated carbocycles. The topological polar surface area (TPSA) is 67.4 Å². The molecule has 0 heterocycles. The van der Waals surface area contributed by atoms with Crippen molar-refractivity contribution in [3.05, 3.63) is 59.1 Å². The summed E-state index contributed by atoms with van der Waals surface area (Å²) in [7, 11) is 1.55. The zero-order chi connectivity index (χ0) is 15.9. The highest BCUT2D eigenvalue weighted by atomic mass is 35.5. The van der Waals surface area contributed by atoms with E-state index >= 15 is 0 Å². The molecular formula is C16H15ClN2O3. The molecule has 0 atom stereocenters. The van der Waals surface area contributed by atoms with Gasteiger partial charge in [0.05, 0.1) is 7.11 Å². The Kier molecular flexibility index (Phi) is 5.38. The maximum Gasteiger partial charge on any atom is 0.313 e. The highest BCUT2D eigenvalue weighted by Crippen LogP contribution is 2.15. The number of hydrogen-bond donors (Lipinski definition) is 2. The van der Waals surface area contributed by atoms with Crippen molar-refractivity contribution in [2.75, 3.05) is 12.4 Å². The Hall–Kier alpha value is -2.53. The van der Waals surface area contributed by atoms with Gasteiger partial charge >= 0.3 is 11.8 Å². The number of rotatable bonds is 4. The van der Waals surface area contributed by atoms with Crippen LogP contribution in [0.25, 0.3) is 0 Å². The molecule has 0 fully saturated rings. The molecule has 2 aromatic carbocycles. The lowest BCUT2D eigenvalue weighted by molar-refractivity contribution is -0.136. The number of carbonyl (C=O) groups is 2. The second kappa shape index (κ2) is 7.47. The lowest BCUT2D eigenvalue weighted by Gasteiger charge is -2.07. The van der Waals surface area contributed by atoms with Crippen LogP contribution in [0.3, 0.4) is 0 Å². The second-order valence-electron chi connectivity index (χ2n) is 4.50. The van der Waals surface area contributed by atoms with Crippen molar-refractivity contribution >= 4 is 29.1 Å². The van der Waals surface area contributed by atoms with Crippen LogP contribution in [0.15, 0.2) is 48.5 Å². The minimum Gasteiger partial charge on any atom is -0.497 e. The molecule has 0 aliphatic rings. The van der Waals surface area contributed by atoms with Crippen LogP contribution in [0, 0.1) is 0 Å². The average Bonchev–Trinajstić information content (AvgIpc) is 2.53. The Bertz CT molecular complexity index is 671. The van der Waals surface area contributed by atoms with Gasteiger partial charge in [0.1, 0.15) is 5.75 Å². The molecular weight excluding hydrogens is 304 g/mol. The normalized spacial score (nSPS) is 9.91. The summed E-state index contributed by atoms with van der Waals surface area (Å²) in [6.45, 7) is 0.232. The lowest BCUT2D eigenvalue weighted by Crippen LogP contribution is -2.34. The largest absolute Gasteiger partial charge is 0.497 e. The van der Waals surface area contributed by atoms with Crippen LogP contribution < -0.4 is 15.4 Å². The summed E-state index contributed by atoms with van der Waals surface area (Å²) in [6, 6.07) is 13.8. The van der Waals surface area contributed by atoms with Crippen molar-refractivity contribution in [1.82, 2.24) is 5.32 Å². The van der Waals surface area contributed by atoms with Crippen LogP contribution in [0.1, 0.15) is 5.56 Å². The Balaban J connectivity index is 1.87. The van der Waals surface area contributed by atoms with Crippen molar-refractivity contribution in [1.29, 1.82) is 0 Å². The third kappa shape index (κ3) is 4.49. The molecule has 0 radical (unpaired) electrons. The summed E-state index contributed by atoms with van der Waals surface area (Å²) in [6.07, 6.45) is 0. The van der Waals surface area contributed by atoms with E-state index in [1.54, 1.807) is 49.6 Å². The van der Waals surface area contributed by atoms with Gasteiger partial charge < -0.3 is 15.4 Å². The van der Waals surface area contributed by atoms with E-state index in [0.29, 0.717) is 16.5 Å². The molecule has 0 aliphatic carbocycles. The van der Waals surface area contributed by atoms with Crippen LogP contribution in [0.2, 0.25) is 5.02 Å². The maximum atomic E-state index is 11.8. The minimum absolute atomic E-state index is 0.232. The van der Waals surface area contributed by atoms with E-state index in [0.717, 1.165) is 5.56 Å². The number of anilines is 1. The second-order valence-corrected chi connectivity index (χ2v) is 4.93. The molecule has 0 saturated heterocycles. The SMILES string of the molecule is COc1ccc(NC(=O)C(=O)NCc2cccc(Cl)c2)cc1. The first kappa shape index (κ1) is 15.9. The third-order valence-electron chi connectivity index (χ3n) is 2.90. The van der Waals surface area contributed by atoms with E-state index in [9.17, 15) is 9.59 Å². The van der Waals surface area contributed by atoms with Gasteiger partial charge in [0.25, 0.3) is 0 Å². The summed E-state index contributed by atoms with van der Waals surface area (Å²) >= 11 is 5.85. The molecule has 2 rings (SSSR count). The maximum absolute atomic E-state index is 11.8.